The van der Waals surface area contributed by atoms with Gasteiger partial charge < -0.3 is 9.88 Å². The molecule has 3 heterocycles. The van der Waals surface area contributed by atoms with Gasteiger partial charge in [0, 0.05) is 28.9 Å². The topological polar surface area (TPSA) is 64.0 Å². The molecule has 3 rings (SSSR count). The van der Waals surface area contributed by atoms with E-state index in [9.17, 15) is 9.59 Å². The molecule has 0 aliphatic rings. The van der Waals surface area contributed by atoms with Crippen molar-refractivity contribution in [1.82, 2.24) is 9.55 Å². The van der Waals surface area contributed by atoms with Crippen molar-refractivity contribution in [1.29, 1.82) is 0 Å². The van der Waals surface area contributed by atoms with E-state index in [1.165, 1.54) is 23.5 Å². The minimum Gasteiger partial charge on any atom is -0.340 e. The number of amides is 1. The second-order valence-corrected chi connectivity index (χ2v) is 6.93. The zero-order valence-corrected chi connectivity index (χ0v) is 14.3. The van der Waals surface area contributed by atoms with E-state index in [-0.39, 0.29) is 17.9 Å². The van der Waals surface area contributed by atoms with Crippen LogP contribution in [0.2, 0.25) is 0 Å². The molecule has 0 aromatic carbocycles. The van der Waals surface area contributed by atoms with Crippen molar-refractivity contribution in [3.63, 3.8) is 0 Å². The molecule has 0 spiro atoms. The molecule has 0 saturated carbocycles. The maximum Gasteiger partial charge on any atom is 0.246 e. The van der Waals surface area contributed by atoms with Gasteiger partial charge in [0.25, 0.3) is 0 Å². The third-order valence-electron chi connectivity index (χ3n) is 3.38. The normalized spacial score (nSPS) is 10.7. The fourth-order valence-electron chi connectivity index (χ4n) is 2.31. The Morgan fingerprint density at radius 2 is 2.00 bits per heavy atom. The summed E-state index contributed by atoms with van der Waals surface area (Å²) in [7, 11) is 0. The van der Waals surface area contributed by atoms with E-state index in [2.05, 4.69) is 10.3 Å². The summed E-state index contributed by atoms with van der Waals surface area (Å²) in [6, 6.07) is 7.02. The molecule has 118 valence electrons. The zero-order chi connectivity index (χ0) is 16.4. The molecule has 0 radical (unpaired) electrons. The van der Waals surface area contributed by atoms with Crippen LogP contribution in [0.5, 0.6) is 0 Å². The average molecular weight is 345 g/mol. The van der Waals surface area contributed by atoms with Crippen LogP contribution < -0.4 is 10.7 Å². The van der Waals surface area contributed by atoms with Gasteiger partial charge in [-0.05, 0) is 25.3 Å². The van der Waals surface area contributed by atoms with Crippen LogP contribution in [0.3, 0.4) is 0 Å². The van der Waals surface area contributed by atoms with E-state index < -0.39 is 0 Å². The number of hydrogen-bond donors (Lipinski definition) is 1. The molecule has 7 heteroatoms. The molecule has 0 fully saturated rings. The highest BCUT2D eigenvalue weighted by molar-refractivity contribution is 7.16. The summed E-state index contributed by atoms with van der Waals surface area (Å²) in [5.41, 5.74) is 2.36. The van der Waals surface area contributed by atoms with Crippen LogP contribution in [-0.2, 0) is 11.3 Å². The van der Waals surface area contributed by atoms with E-state index in [1.807, 2.05) is 41.3 Å². The van der Waals surface area contributed by atoms with Gasteiger partial charge in [-0.3, -0.25) is 9.59 Å². The quantitative estimate of drug-likeness (QED) is 0.789. The first kappa shape index (κ1) is 15.6. The third kappa shape index (κ3) is 3.57. The first-order valence-electron chi connectivity index (χ1n) is 7.00. The average Bonchev–Trinajstić information content (AvgIpc) is 3.13. The molecule has 3 aromatic rings. The largest absolute Gasteiger partial charge is 0.340 e. The van der Waals surface area contributed by atoms with E-state index >= 15 is 0 Å². The van der Waals surface area contributed by atoms with Crippen molar-refractivity contribution in [2.45, 2.75) is 20.4 Å². The summed E-state index contributed by atoms with van der Waals surface area (Å²) < 4.78 is 1.81. The molecule has 0 bridgehead atoms. The number of thiazole rings is 1. The maximum absolute atomic E-state index is 12.2. The second-order valence-electron chi connectivity index (χ2n) is 5.12. The Balaban J connectivity index is 1.72. The Bertz CT molecular complexity index is 868. The van der Waals surface area contributed by atoms with Gasteiger partial charge in [0.1, 0.15) is 6.54 Å². The van der Waals surface area contributed by atoms with Crippen molar-refractivity contribution in [3.8, 4) is 10.6 Å². The molecular formula is C16H15N3O2S2. The van der Waals surface area contributed by atoms with Crippen LogP contribution >= 0.6 is 22.7 Å². The molecule has 1 N–H and O–H groups in total. The highest BCUT2D eigenvalue weighted by atomic mass is 32.1. The predicted molar refractivity (Wildman–Crippen MR) is 94.2 cm³/mol. The Kier molecular flexibility index (Phi) is 4.40. The second kappa shape index (κ2) is 6.47. The van der Waals surface area contributed by atoms with Gasteiger partial charge in [-0.15, -0.1) is 22.7 Å². The van der Waals surface area contributed by atoms with Crippen LogP contribution in [0.15, 0.2) is 39.8 Å². The van der Waals surface area contributed by atoms with Gasteiger partial charge in [0.05, 0.1) is 10.6 Å². The van der Waals surface area contributed by atoms with E-state index in [4.69, 9.17) is 0 Å². The summed E-state index contributed by atoms with van der Waals surface area (Å²) in [5, 5.41) is 7.32. The summed E-state index contributed by atoms with van der Waals surface area (Å²) in [5.74, 6) is -0.160. The van der Waals surface area contributed by atoms with Crippen molar-refractivity contribution < 1.29 is 4.79 Å². The van der Waals surface area contributed by atoms with E-state index in [0.717, 1.165) is 22.0 Å². The van der Waals surface area contributed by atoms with Crippen molar-refractivity contribution in [2.75, 3.05) is 5.32 Å². The standard InChI is InChI=1S/C16H15N3O2S2/c1-10-6-12(20)7-11(2)19(10)8-15(21)18-16-17-13(9-23-16)14-4-3-5-22-14/h3-7,9H,8H2,1-2H3,(H,17,18,21). The Hall–Kier alpha value is -2.25. The van der Waals surface area contributed by atoms with Gasteiger partial charge in [-0.25, -0.2) is 4.98 Å². The van der Waals surface area contributed by atoms with Crippen molar-refractivity contribution in [3.05, 3.63) is 56.6 Å². The number of pyridine rings is 1. The fourth-order valence-corrected chi connectivity index (χ4v) is 3.80. The maximum atomic E-state index is 12.2. The van der Waals surface area contributed by atoms with Gasteiger partial charge in [-0.2, -0.15) is 0 Å². The Labute approximate surface area is 141 Å². The van der Waals surface area contributed by atoms with Crippen LogP contribution in [0, 0.1) is 13.8 Å². The minimum atomic E-state index is -0.160. The number of rotatable bonds is 4. The lowest BCUT2D eigenvalue weighted by Crippen LogP contribution is -2.23. The molecule has 0 aliphatic carbocycles. The Morgan fingerprint density at radius 3 is 2.65 bits per heavy atom. The summed E-state index contributed by atoms with van der Waals surface area (Å²) in [4.78, 5) is 29.2. The smallest absolute Gasteiger partial charge is 0.246 e. The fraction of sp³-hybridized carbons (Fsp3) is 0.188. The molecule has 0 aliphatic heterocycles. The number of carbonyl (C=O) groups is 1. The number of nitrogens with one attached hydrogen (secondary N) is 1. The monoisotopic (exact) mass is 345 g/mol. The number of anilines is 1. The van der Waals surface area contributed by atoms with Crippen LogP contribution in [-0.4, -0.2) is 15.5 Å². The molecule has 3 aromatic heterocycles. The number of thiophene rings is 1. The van der Waals surface area contributed by atoms with Crippen LogP contribution in [0.25, 0.3) is 10.6 Å². The Morgan fingerprint density at radius 1 is 1.26 bits per heavy atom. The minimum absolute atomic E-state index is 0.0443. The first-order valence-corrected chi connectivity index (χ1v) is 8.76. The summed E-state index contributed by atoms with van der Waals surface area (Å²) in [6.07, 6.45) is 0. The van der Waals surface area contributed by atoms with Crippen LogP contribution in [0.1, 0.15) is 11.4 Å². The lowest BCUT2D eigenvalue weighted by atomic mass is 10.3. The third-order valence-corrected chi connectivity index (χ3v) is 5.03. The lowest BCUT2D eigenvalue weighted by Gasteiger charge is -2.13. The lowest BCUT2D eigenvalue weighted by molar-refractivity contribution is -0.116. The summed E-state index contributed by atoms with van der Waals surface area (Å²) >= 11 is 3.02. The number of carbonyl (C=O) groups excluding carboxylic acids is 1. The number of aromatic nitrogens is 2. The zero-order valence-electron chi connectivity index (χ0n) is 12.7. The summed E-state index contributed by atoms with van der Waals surface area (Å²) in [6.45, 7) is 3.80. The number of nitrogens with zero attached hydrogens (tertiary/aromatic N) is 2. The molecule has 1 amide bonds. The van der Waals surface area contributed by atoms with E-state index in [0.29, 0.717) is 5.13 Å². The van der Waals surface area contributed by atoms with Crippen molar-refractivity contribution >= 4 is 33.7 Å². The SMILES string of the molecule is Cc1cc(=O)cc(C)n1CC(=O)Nc1nc(-c2cccs2)cs1. The van der Waals surface area contributed by atoms with Crippen molar-refractivity contribution in [2.24, 2.45) is 0 Å². The van der Waals surface area contributed by atoms with E-state index in [1.54, 1.807) is 11.3 Å². The van der Waals surface area contributed by atoms with Crippen LogP contribution in [0.4, 0.5) is 5.13 Å². The van der Waals surface area contributed by atoms with Gasteiger partial charge in [0.15, 0.2) is 10.6 Å². The molecule has 0 unspecified atom stereocenters. The van der Waals surface area contributed by atoms with Gasteiger partial charge >= 0.3 is 0 Å². The van der Waals surface area contributed by atoms with Gasteiger partial charge in [0.2, 0.25) is 5.91 Å². The molecule has 23 heavy (non-hydrogen) atoms. The molecule has 0 saturated heterocycles. The highest BCUT2D eigenvalue weighted by Crippen LogP contribution is 2.28. The first-order chi connectivity index (χ1) is 11.0. The number of aryl methyl sites for hydroxylation is 2. The molecule has 0 atom stereocenters. The highest BCUT2D eigenvalue weighted by Gasteiger charge is 2.11. The molecule has 5 nitrogen and oxygen atoms in total. The number of hydrogen-bond acceptors (Lipinski definition) is 5. The van der Waals surface area contributed by atoms with Gasteiger partial charge in [-0.1, -0.05) is 6.07 Å². The molecular weight excluding hydrogens is 330 g/mol. The predicted octanol–water partition coefficient (Wildman–Crippen LogP) is 3.29.